The summed E-state index contributed by atoms with van der Waals surface area (Å²) >= 11 is 0. The van der Waals surface area contributed by atoms with E-state index in [0.29, 0.717) is 17.2 Å². The number of rotatable bonds is 7. The Morgan fingerprint density at radius 1 is 0.957 bits per heavy atom. The second kappa shape index (κ2) is 8.26. The third-order valence-corrected chi connectivity index (χ3v) is 2.98. The van der Waals surface area contributed by atoms with Crippen molar-refractivity contribution in [3.05, 3.63) is 17.7 Å². The molecule has 1 N–H and O–H groups in total. The van der Waals surface area contributed by atoms with Crippen LogP contribution >= 0.6 is 0 Å². The molecule has 7 heteroatoms. The van der Waals surface area contributed by atoms with E-state index in [-0.39, 0.29) is 17.5 Å². The Hall–Kier alpha value is -2.44. The van der Waals surface area contributed by atoms with E-state index in [1.165, 1.54) is 40.4 Å². The summed E-state index contributed by atoms with van der Waals surface area (Å²) in [7, 11) is 4.37. The van der Waals surface area contributed by atoms with Crippen LogP contribution in [0.1, 0.15) is 31.1 Å². The number of nitrogens with one attached hydrogen (secondary N) is 1. The van der Waals surface area contributed by atoms with E-state index < -0.39 is 12.1 Å². The predicted octanol–water partition coefficient (Wildman–Crippen LogP) is 1.78. The highest BCUT2D eigenvalue weighted by molar-refractivity contribution is 5.93. The van der Waals surface area contributed by atoms with E-state index in [1.54, 1.807) is 0 Å². The molecule has 0 fully saturated rings. The highest BCUT2D eigenvalue weighted by Gasteiger charge is 2.22. The highest BCUT2D eigenvalue weighted by atomic mass is 16.5. The van der Waals surface area contributed by atoms with Gasteiger partial charge in [-0.1, -0.05) is 0 Å². The lowest BCUT2D eigenvalue weighted by Gasteiger charge is -2.17. The number of esters is 1. The van der Waals surface area contributed by atoms with E-state index in [2.05, 4.69) is 5.32 Å². The van der Waals surface area contributed by atoms with Gasteiger partial charge in [0.15, 0.2) is 17.6 Å². The summed E-state index contributed by atoms with van der Waals surface area (Å²) in [5, 5.41) is 2.68. The van der Waals surface area contributed by atoms with Crippen LogP contribution in [0.4, 0.5) is 0 Å². The fourth-order valence-corrected chi connectivity index (χ4v) is 1.88. The van der Waals surface area contributed by atoms with E-state index in [0.717, 1.165) is 0 Å². The first-order chi connectivity index (χ1) is 10.8. The molecule has 0 aliphatic carbocycles. The molecular formula is C16H23NO6. The van der Waals surface area contributed by atoms with Crippen molar-refractivity contribution in [2.75, 3.05) is 21.3 Å². The molecule has 0 saturated carbocycles. The van der Waals surface area contributed by atoms with Gasteiger partial charge in [-0.2, -0.15) is 0 Å². The summed E-state index contributed by atoms with van der Waals surface area (Å²) in [6, 6.07) is 2.90. The fourth-order valence-electron chi connectivity index (χ4n) is 1.88. The minimum atomic E-state index is -0.913. The van der Waals surface area contributed by atoms with Crippen molar-refractivity contribution in [3.63, 3.8) is 0 Å². The van der Waals surface area contributed by atoms with Gasteiger partial charge in [0.25, 0.3) is 5.91 Å². The zero-order valence-corrected chi connectivity index (χ0v) is 14.3. The van der Waals surface area contributed by atoms with Crippen LogP contribution < -0.4 is 19.5 Å². The standard InChI is InChI=1S/C16H23NO6/c1-9(2)17-15(18)10(3)23-16(19)11-7-12(20-4)14(22-6)13(8-11)21-5/h7-10H,1-6H3,(H,17,18)/t10-/m1/s1. The molecule has 1 aromatic carbocycles. The molecule has 0 spiro atoms. The number of hydrogen-bond acceptors (Lipinski definition) is 6. The number of amides is 1. The van der Waals surface area contributed by atoms with Crippen molar-refractivity contribution < 1.29 is 28.5 Å². The molecule has 0 unspecified atom stereocenters. The zero-order valence-electron chi connectivity index (χ0n) is 14.3. The van der Waals surface area contributed by atoms with E-state index in [1.807, 2.05) is 13.8 Å². The maximum absolute atomic E-state index is 12.2. The Bertz CT molecular complexity index is 545. The number of methoxy groups -OCH3 is 3. The third-order valence-electron chi connectivity index (χ3n) is 2.98. The first-order valence-electron chi connectivity index (χ1n) is 7.15. The lowest BCUT2D eigenvalue weighted by atomic mass is 10.2. The molecule has 23 heavy (non-hydrogen) atoms. The normalized spacial score (nSPS) is 11.6. The molecule has 0 radical (unpaired) electrons. The van der Waals surface area contributed by atoms with Crippen molar-refractivity contribution in [1.29, 1.82) is 0 Å². The van der Waals surface area contributed by atoms with Crippen molar-refractivity contribution >= 4 is 11.9 Å². The molecule has 0 aliphatic heterocycles. The van der Waals surface area contributed by atoms with Crippen LogP contribution in [0.25, 0.3) is 0 Å². The van der Waals surface area contributed by atoms with Gasteiger partial charge in [-0.25, -0.2) is 4.79 Å². The van der Waals surface area contributed by atoms with Crippen LogP contribution in [0.5, 0.6) is 17.2 Å². The quantitative estimate of drug-likeness (QED) is 0.770. The minimum Gasteiger partial charge on any atom is -0.493 e. The van der Waals surface area contributed by atoms with Crippen molar-refractivity contribution in [1.82, 2.24) is 5.32 Å². The number of carbonyl (C=O) groups is 2. The van der Waals surface area contributed by atoms with Crippen LogP contribution in [0, 0.1) is 0 Å². The average Bonchev–Trinajstić information content (AvgIpc) is 2.52. The SMILES string of the molecule is COc1cc(C(=O)O[C@H](C)C(=O)NC(C)C)cc(OC)c1OC. The molecule has 0 aromatic heterocycles. The molecule has 1 rings (SSSR count). The van der Waals surface area contributed by atoms with Crippen molar-refractivity contribution in [3.8, 4) is 17.2 Å². The molecule has 0 saturated heterocycles. The highest BCUT2D eigenvalue weighted by Crippen LogP contribution is 2.38. The van der Waals surface area contributed by atoms with Gasteiger partial charge in [0, 0.05) is 6.04 Å². The second-order valence-electron chi connectivity index (χ2n) is 5.12. The average molecular weight is 325 g/mol. The Morgan fingerprint density at radius 3 is 1.87 bits per heavy atom. The van der Waals surface area contributed by atoms with Crippen LogP contribution in [-0.2, 0) is 9.53 Å². The Labute approximate surface area is 135 Å². The number of benzene rings is 1. The van der Waals surface area contributed by atoms with Crippen molar-refractivity contribution in [2.45, 2.75) is 32.9 Å². The van der Waals surface area contributed by atoms with Crippen LogP contribution in [0.2, 0.25) is 0 Å². The number of ether oxygens (including phenoxy) is 4. The maximum Gasteiger partial charge on any atom is 0.339 e. The largest absolute Gasteiger partial charge is 0.493 e. The van der Waals surface area contributed by atoms with Crippen molar-refractivity contribution in [2.24, 2.45) is 0 Å². The van der Waals surface area contributed by atoms with Gasteiger partial charge in [-0.15, -0.1) is 0 Å². The van der Waals surface area contributed by atoms with E-state index in [9.17, 15) is 9.59 Å². The molecule has 0 heterocycles. The lowest BCUT2D eigenvalue weighted by Crippen LogP contribution is -2.39. The maximum atomic E-state index is 12.2. The molecular weight excluding hydrogens is 302 g/mol. The van der Waals surface area contributed by atoms with Gasteiger partial charge >= 0.3 is 5.97 Å². The van der Waals surface area contributed by atoms with E-state index in [4.69, 9.17) is 18.9 Å². The predicted molar refractivity (Wildman–Crippen MR) is 84.3 cm³/mol. The van der Waals surface area contributed by atoms with Gasteiger partial charge in [0.05, 0.1) is 26.9 Å². The summed E-state index contributed by atoms with van der Waals surface area (Å²) in [5.74, 6) is 0.0183. The summed E-state index contributed by atoms with van der Waals surface area (Å²) in [4.78, 5) is 24.0. The van der Waals surface area contributed by atoms with Gasteiger partial charge < -0.3 is 24.3 Å². The lowest BCUT2D eigenvalue weighted by molar-refractivity contribution is -0.129. The Morgan fingerprint density at radius 2 is 1.48 bits per heavy atom. The molecule has 128 valence electrons. The zero-order chi connectivity index (χ0) is 17.6. The fraction of sp³-hybridized carbons (Fsp3) is 0.500. The van der Waals surface area contributed by atoms with E-state index >= 15 is 0 Å². The number of hydrogen-bond donors (Lipinski definition) is 1. The topological polar surface area (TPSA) is 83.1 Å². The van der Waals surface area contributed by atoms with Gasteiger partial charge in [0.2, 0.25) is 5.75 Å². The van der Waals surface area contributed by atoms with Gasteiger partial charge in [-0.3, -0.25) is 4.79 Å². The van der Waals surface area contributed by atoms with Crippen LogP contribution in [-0.4, -0.2) is 45.4 Å². The molecule has 7 nitrogen and oxygen atoms in total. The molecule has 0 bridgehead atoms. The first kappa shape index (κ1) is 18.6. The van der Waals surface area contributed by atoms with Crippen LogP contribution in [0.3, 0.4) is 0 Å². The second-order valence-corrected chi connectivity index (χ2v) is 5.12. The Kier molecular flexibility index (Phi) is 6.68. The van der Waals surface area contributed by atoms with Crippen LogP contribution in [0.15, 0.2) is 12.1 Å². The van der Waals surface area contributed by atoms with Gasteiger partial charge in [0.1, 0.15) is 0 Å². The summed E-state index contributed by atoms with van der Waals surface area (Å²) in [6.07, 6.45) is -0.913. The summed E-state index contributed by atoms with van der Waals surface area (Å²) in [6.45, 7) is 5.16. The molecule has 1 amide bonds. The first-order valence-corrected chi connectivity index (χ1v) is 7.15. The smallest absolute Gasteiger partial charge is 0.339 e. The molecule has 1 aromatic rings. The molecule has 1 atom stereocenters. The summed E-state index contributed by atoms with van der Waals surface area (Å²) < 4.78 is 20.7. The Balaban J connectivity index is 2.98. The number of carbonyl (C=O) groups excluding carboxylic acids is 2. The third kappa shape index (κ3) is 4.77. The summed E-state index contributed by atoms with van der Waals surface area (Å²) in [5.41, 5.74) is 0.198. The molecule has 0 aliphatic rings. The monoisotopic (exact) mass is 325 g/mol. The minimum absolute atomic E-state index is 0.0372. The van der Waals surface area contributed by atoms with Gasteiger partial charge in [-0.05, 0) is 32.9 Å².